The molecule has 0 aliphatic heterocycles. The fourth-order valence-electron chi connectivity index (χ4n) is 6.01. The van der Waals surface area contributed by atoms with Crippen molar-refractivity contribution in [3.8, 4) is 17.2 Å². The Labute approximate surface area is 316 Å². The van der Waals surface area contributed by atoms with E-state index >= 15 is 0 Å². The number of ether oxygens (including phenoxy) is 3. The number of hydrogen-bond acceptors (Lipinski definition) is 8. The molecule has 0 fully saturated rings. The number of carboxylic acid groups (broad SMARTS) is 2. The molecule has 0 amide bonds. The number of methoxy groups -OCH3 is 2. The second-order valence-corrected chi connectivity index (χ2v) is 13.4. The van der Waals surface area contributed by atoms with Crippen LogP contribution < -0.4 is 14.2 Å². The third-order valence-corrected chi connectivity index (χ3v) is 9.62. The second kappa shape index (κ2) is 15.8. The molecule has 0 unspecified atom stereocenters. The van der Waals surface area contributed by atoms with Gasteiger partial charge >= 0.3 is 18.3 Å². The molecule has 2 N–H and O–H groups in total. The van der Waals surface area contributed by atoms with Crippen LogP contribution in [-0.2, 0) is 22.4 Å². The van der Waals surface area contributed by atoms with Gasteiger partial charge in [0.1, 0.15) is 5.75 Å². The Kier molecular flexibility index (Phi) is 11.6. The van der Waals surface area contributed by atoms with Gasteiger partial charge in [0, 0.05) is 39.9 Å². The Morgan fingerprint density at radius 2 is 1.18 bits per heavy atom. The lowest BCUT2D eigenvalue weighted by Gasteiger charge is -2.11. The molecule has 0 aliphatic carbocycles. The van der Waals surface area contributed by atoms with Gasteiger partial charge in [0.25, 0.3) is 11.8 Å². The minimum atomic E-state index is -4.87. The number of hydrogen-bond donors (Lipinski definition) is 2. The summed E-state index contributed by atoms with van der Waals surface area (Å²) in [7, 11) is 2.57. The molecule has 0 aliphatic rings. The largest absolute Gasteiger partial charge is 0.573 e. The highest BCUT2D eigenvalue weighted by Gasteiger charge is 2.31. The fraction of sp³-hybridized carbons (Fsp3) is 0.189. The molecule has 6 rings (SSSR count). The Hall–Kier alpha value is -5.94. The average Bonchev–Trinajstić information content (AvgIpc) is 3.74. The van der Waals surface area contributed by atoms with E-state index in [0.717, 1.165) is 46.2 Å². The number of carbonyl (C=O) groups is 4. The first-order valence-electron chi connectivity index (χ1n) is 15.7. The summed E-state index contributed by atoms with van der Waals surface area (Å²) in [4.78, 5) is 48.8. The van der Waals surface area contributed by atoms with Crippen molar-refractivity contribution < 1.29 is 65.6 Å². The van der Waals surface area contributed by atoms with Crippen LogP contribution in [-0.4, -0.2) is 63.7 Å². The highest BCUT2D eigenvalue weighted by atomic mass is 35.5. The highest BCUT2D eigenvalue weighted by Crippen LogP contribution is 2.35. The van der Waals surface area contributed by atoms with E-state index in [2.05, 4.69) is 4.74 Å². The van der Waals surface area contributed by atoms with Crippen molar-refractivity contribution in [1.82, 2.24) is 9.13 Å². The number of benzene rings is 3. The molecule has 11 nitrogen and oxygen atoms in total. The van der Waals surface area contributed by atoms with Crippen LogP contribution in [0.25, 0.3) is 21.8 Å². The molecule has 3 aromatic heterocycles. The molecule has 18 heteroatoms. The lowest BCUT2D eigenvalue weighted by molar-refractivity contribution is -0.274. The predicted molar refractivity (Wildman–Crippen MR) is 191 cm³/mol. The van der Waals surface area contributed by atoms with Crippen molar-refractivity contribution in [3.05, 3.63) is 110 Å². The maximum atomic E-state index is 14.3. The van der Waals surface area contributed by atoms with E-state index in [9.17, 15) is 51.3 Å². The molecule has 0 saturated carbocycles. The number of halogens is 6. The number of fused-ring (bicyclic) bond motifs is 2. The molecule has 0 radical (unpaired) electrons. The van der Waals surface area contributed by atoms with Crippen molar-refractivity contribution in [2.24, 2.45) is 0 Å². The lowest BCUT2D eigenvalue weighted by Crippen LogP contribution is -2.17. The van der Waals surface area contributed by atoms with Crippen molar-refractivity contribution in [2.45, 2.75) is 33.1 Å². The molecule has 0 atom stereocenters. The molecule has 6 aromatic rings. The summed E-state index contributed by atoms with van der Waals surface area (Å²) in [5, 5.41) is 19.2. The van der Waals surface area contributed by atoms with E-state index in [-0.39, 0.29) is 40.6 Å². The minimum Gasteiger partial charge on any atom is -0.494 e. The van der Waals surface area contributed by atoms with Crippen LogP contribution in [0.5, 0.6) is 17.2 Å². The molecule has 288 valence electrons. The van der Waals surface area contributed by atoms with Gasteiger partial charge in [0.2, 0.25) is 0 Å². The summed E-state index contributed by atoms with van der Waals surface area (Å²) in [6, 6.07) is 12.3. The van der Waals surface area contributed by atoms with Crippen LogP contribution in [0.3, 0.4) is 0 Å². The second-order valence-electron chi connectivity index (χ2n) is 11.7. The lowest BCUT2D eigenvalue weighted by atomic mass is 10.1. The third-order valence-electron chi connectivity index (χ3n) is 8.40. The van der Waals surface area contributed by atoms with Crippen LogP contribution in [0.2, 0.25) is 4.34 Å². The van der Waals surface area contributed by atoms with Crippen LogP contribution in [0, 0.1) is 25.5 Å². The quantitative estimate of drug-likeness (QED) is 0.138. The van der Waals surface area contributed by atoms with Gasteiger partial charge in [-0.1, -0.05) is 11.6 Å². The van der Waals surface area contributed by atoms with E-state index in [4.69, 9.17) is 21.1 Å². The number of rotatable bonds is 9. The number of carbonyl (C=O) groups excluding carboxylic acids is 2. The molecule has 3 heterocycles. The van der Waals surface area contributed by atoms with Crippen LogP contribution in [0.1, 0.15) is 42.5 Å². The van der Waals surface area contributed by atoms with Crippen molar-refractivity contribution in [1.29, 1.82) is 0 Å². The van der Waals surface area contributed by atoms with Crippen LogP contribution in [0.4, 0.5) is 22.0 Å². The molecule has 0 spiro atoms. The summed E-state index contributed by atoms with van der Waals surface area (Å²) in [5.41, 5.74) is 1.85. The van der Waals surface area contributed by atoms with Gasteiger partial charge in [-0.15, -0.1) is 24.5 Å². The Morgan fingerprint density at radius 1 is 0.727 bits per heavy atom. The summed E-state index contributed by atoms with van der Waals surface area (Å²) in [6.45, 7) is 3.14. The topological polar surface area (TPSA) is 146 Å². The number of carboxylic acids is 2. The maximum Gasteiger partial charge on any atom is 0.573 e. The number of alkyl halides is 3. The number of thiophene rings is 1. The summed E-state index contributed by atoms with van der Waals surface area (Å²) in [6.07, 6.45) is -5.58. The van der Waals surface area contributed by atoms with Crippen molar-refractivity contribution in [3.63, 3.8) is 0 Å². The smallest absolute Gasteiger partial charge is 0.494 e. The standard InChI is InChI=1S/C20H15F4NO5.C17H13ClFNO4S/c1-10-13(8-18(26)27)14-7-17(29-2)15(21)9-16(14)25(10)19(28)11-3-5-12(6-4-11)30-20(22,23)24;1-8-9(6-16(21)22)10-5-13(24-2)11(19)7-12(10)20(8)17(23)14-3-4-15(18)25-14/h3-7,9H,8H2,1-2H3,(H,26,27);3-5,7H,6H2,1-2H3,(H,21,22). The molecule has 3 aromatic carbocycles. The zero-order valence-electron chi connectivity index (χ0n) is 29.0. The summed E-state index contributed by atoms with van der Waals surface area (Å²) in [5.74, 6) is -5.28. The molecule has 0 bridgehead atoms. The van der Waals surface area contributed by atoms with E-state index < -0.39 is 48.0 Å². The number of aliphatic carboxylic acids is 2. The van der Waals surface area contributed by atoms with Gasteiger partial charge in [-0.25, -0.2) is 8.78 Å². The summed E-state index contributed by atoms with van der Waals surface area (Å²) >= 11 is 6.99. The highest BCUT2D eigenvalue weighted by molar-refractivity contribution is 7.18. The zero-order valence-corrected chi connectivity index (χ0v) is 30.6. The average molecular weight is 807 g/mol. The summed E-state index contributed by atoms with van der Waals surface area (Å²) < 4.78 is 82.0. The van der Waals surface area contributed by atoms with Crippen molar-refractivity contribution in [2.75, 3.05) is 14.2 Å². The van der Waals surface area contributed by atoms with Gasteiger partial charge in [0.05, 0.1) is 47.3 Å². The predicted octanol–water partition coefficient (Wildman–Crippen LogP) is 8.44. The maximum absolute atomic E-state index is 14.3. The fourth-order valence-corrected chi connectivity index (χ4v) is 6.99. The van der Waals surface area contributed by atoms with Crippen LogP contribution >= 0.6 is 22.9 Å². The first-order chi connectivity index (χ1) is 25.8. The minimum absolute atomic E-state index is 0.00243. The van der Waals surface area contributed by atoms with E-state index in [1.165, 1.54) is 43.9 Å². The Morgan fingerprint density at radius 3 is 1.56 bits per heavy atom. The van der Waals surface area contributed by atoms with Crippen molar-refractivity contribution >= 4 is 68.5 Å². The molecular weight excluding hydrogens is 779 g/mol. The van der Waals surface area contributed by atoms with Gasteiger partial charge in [-0.3, -0.25) is 28.3 Å². The van der Waals surface area contributed by atoms with Gasteiger partial charge in [0.15, 0.2) is 23.1 Å². The van der Waals surface area contributed by atoms with E-state index in [0.29, 0.717) is 42.3 Å². The molecule has 0 saturated heterocycles. The van der Waals surface area contributed by atoms with Gasteiger partial charge in [-0.05, 0) is 73.5 Å². The monoisotopic (exact) mass is 806 g/mol. The van der Waals surface area contributed by atoms with Crippen LogP contribution in [0.15, 0.2) is 60.7 Å². The first kappa shape index (κ1) is 40.2. The van der Waals surface area contributed by atoms with E-state index in [1.807, 2.05) is 0 Å². The number of nitrogens with zero attached hydrogens (tertiary/aromatic N) is 2. The third kappa shape index (κ3) is 8.42. The molecular formula is C37H28ClF5N2O9S. The SMILES string of the molecule is COc1cc2c(CC(=O)O)c(C)n(C(=O)c3ccc(Cl)s3)c2cc1F.COc1cc2c(CC(=O)O)c(C)n(C(=O)c3ccc(OC(F)(F)F)cc3)c2cc1F. The zero-order chi connectivity index (χ0) is 40.5. The normalized spacial score (nSPS) is 11.3. The first-order valence-corrected chi connectivity index (χ1v) is 16.9. The molecule has 55 heavy (non-hydrogen) atoms. The van der Waals surface area contributed by atoms with E-state index in [1.54, 1.807) is 19.1 Å². The van der Waals surface area contributed by atoms with Gasteiger partial charge < -0.3 is 24.4 Å². The Balaban J connectivity index is 0.000000214. The Bertz CT molecular complexity index is 2490. The van der Waals surface area contributed by atoms with Gasteiger partial charge in [-0.2, -0.15) is 0 Å². The number of aromatic nitrogens is 2.